The van der Waals surface area contributed by atoms with Crippen LogP contribution in [0.3, 0.4) is 0 Å². The summed E-state index contributed by atoms with van der Waals surface area (Å²) in [5, 5.41) is 8.13. The molecule has 1 aliphatic rings. The van der Waals surface area contributed by atoms with Gasteiger partial charge < -0.3 is 20.7 Å². The van der Waals surface area contributed by atoms with E-state index >= 15 is 0 Å². The Kier molecular flexibility index (Phi) is 7.90. The van der Waals surface area contributed by atoms with Crippen molar-refractivity contribution in [2.45, 2.75) is 52.3 Å². The molecule has 1 aliphatic heterocycles. The normalized spacial score (nSPS) is 19.7. The van der Waals surface area contributed by atoms with Gasteiger partial charge in [-0.3, -0.25) is 19.2 Å². The summed E-state index contributed by atoms with van der Waals surface area (Å²) in [7, 11) is 0. The topological polar surface area (TPSA) is 114 Å². The third-order valence-corrected chi connectivity index (χ3v) is 4.68. The highest BCUT2D eigenvalue weighted by Crippen LogP contribution is 2.12. The Morgan fingerprint density at radius 3 is 2.17 bits per heavy atom. The van der Waals surface area contributed by atoms with Crippen LogP contribution in [0.4, 0.5) is 0 Å². The molecule has 1 aromatic rings. The number of Topliss-reactive ketones (excluding diaryl/α,β-unsaturated/α-hetero) is 1. The summed E-state index contributed by atoms with van der Waals surface area (Å²) >= 11 is 0. The number of ether oxygens (including phenoxy) is 1. The second-order valence-electron chi connectivity index (χ2n) is 7.56. The van der Waals surface area contributed by atoms with Gasteiger partial charge in [0, 0.05) is 17.7 Å². The average molecular weight is 403 g/mol. The van der Waals surface area contributed by atoms with E-state index in [2.05, 4.69) is 16.0 Å². The van der Waals surface area contributed by atoms with E-state index < -0.39 is 30.0 Å². The van der Waals surface area contributed by atoms with Crippen molar-refractivity contribution in [3.63, 3.8) is 0 Å². The van der Waals surface area contributed by atoms with Crippen LogP contribution in [0.25, 0.3) is 0 Å². The lowest BCUT2D eigenvalue weighted by Gasteiger charge is -2.23. The lowest BCUT2D eigenvalue weighted by atomic mass is 10.0. The summed E-state index contributed by atoms with van der Waals surface area (Å²) in [6.07, 6.45) is 0.0220. The van der Waals surface area contributed by atoms with Crippen LogP contribution >= 0.6 is 0 Å². The van der Waals surface area contributed by atoms with Gasteiger partial charge in [0.15, 0.2) is 5.78 Å². The molecule has 0 aromatic heterocycles. The fourth-order valence-corrected chi connectivity index (χ4v) is 3.09. The predicted molar refractivity (Wildman–Crippen MR) is 108 cm³/mol. The minimum absolute atomic E-state index is 0.0225. The van der Waals surface area contributed by atoms with E-state index in [0.717, 1.165) is 0 Å². The zero-order valence-electron chi connectivity index (χ0n) is 17.3. The Labute approximate surface area is 170 Å². The second kappa shape index (κ2) is 10.2. The van der Waals surface area contributed by atoms with Crippen LogP contribution in [0, 0.1) is 5.92 Å². The SMILES string of the molecule is CCNC(=O)c1ccc(C(=O)NC(CC(C)C)C(=O)N[C@@H]2C(=O)CO[C@@H]2C)cc1. The molecule has 0 radical (unpaired) electrons. The molecular weight excluding hydrogens is 374 g/mol. The minimum atomic E-state index is -0.786. The third kappa shape index (κ3) is 6.12. The van der Waals surface area contributed by atoms with Crippen molar-refractivity contribution in [2.24, 2.45) is 5.92 Å². The molecule has 3 N–H and O–H groups in total. The first-order valence-electron chi connectivity index (χ1n) is 9.86. The largest absolute Gasteiger partial charge is 0.368 e. The van der Waals surface area contributed by atoms with Crippen LogP contribution in [0.5, 0.6) is 0 Å². The summed E-state index contributed by atoms with van der Waals surface area (Å²) < 4.78 is 5.25. The summed E-state index contributed by atoms with van der Waals surface area (Å²) in [5.74, 6) is -1.08. The smallest absolute Gasteiger partial charge is 0.251 e. The molecule has 0 spiro atoms. The van der Waals surface area contributed by atoms with Crippen LogP contribution in [-0.4, -0.2) is 54.8 Å². The number of carbonyl (C=O) groups is 4. The Morgan fingerprint density at radius 1 is 1.10 bits per heavy atom. The van der Waals surface area contributed by atoms with Crippen molar-refractivity contribution >= 4 is 23.5 Å². The number of hydrogen-bond acceptors (Lipinski definition) is 5. The first-order valence-corrected chi connectivity index (χ1v) is 9.86. The van der Waals surface area contributed by atoms with Crippen LogP contribution in [-0.2, 0) is 14.3 Å². The van der Waals surface area contributed by atoms with Crippen molar-refractivity contribution in [3.05, 3.63) is 35.4 Å². The molecule has 0 saturated carbocycles. The van der Waals surface area contributed by atoms with E-state index in [1.165, 1.54) is 0 Å². The molecule has 8 nitrogen and oxygen atoms in total. The van der Waals surface area contributed by atoms with Gasteiger partial charge in [-0.25, -0.2) is 0 Å². The predicted octanol–water partition coefficient (Wildman–Crippen LogP) is 1.05. The zero-order valence-corrected chi connectivity index (χ0v) is 17.3. The number of nitrogens with one attached hydrogen (secondary N) is 3. The molecule has 3 atom stereocenters. The lowest BCUT2D eigenvalue weighted by molar-refractivity contribution is -0.127. The van der Waals surface area contributed by atoms with Gasteiger partial charge in [0.05, 0.1) is 6.10 Å². The van der Waals surface area contributed by atoms with E-state index in [1.807, 2.05) is 20.8 Å². The highest BCUT2D eigenvalue weighted by molar-refractivity contribution is 6.00. The van der Waals surface area contributed by atoms with Crippen LogP contribution in [0.15, 0.2) is 24.3 Å². The van der Waals surface area contributed by atoms with E-state index in [4.69, 9.17) is 4.74 Å². The van der Waals surface area contributed by atoms with Gasteiger partial charge >= 0.3 is 0 Å². The van der Waals surface area contributed by atoms with Gasteiger partial charge in [-0.05, 0) is 50.5 Å². The molecule has 29 heavy (non-hydrogen) atoms. The molecule has 0 aliphatic carbocycles. The summed E-state index contributed by atoms with van der Waals surface area (Å²) in [6, 6.07) is 4.72. The van der Waals surface area contributed by atoms with E-state index in [-0.39, 0.29) is 24.2 Å². The average Bonchev–Trinajstić information content (AvgIpc) is 2.99. The monoisotopic (exact) mass is 403 g/mol. The van der Waals surface area contributed by atoms with Gasteiger partial charge in [-0.2, -0.15) is 0 Å². The maximum atomic E-state index is 12.7. The van der Waals surface area contributed by atoms with Crippen molar-refractivity contribution < 1.29 is 23.9 Å². The fourth-order valence-electron chi connectivity index (χ4n) is 3.09. The first-order chi connectivity index (χ1) is 13.7. The second-order valence-corrected chi connectivity index (χ2v) is 7.56. The Balaban J connectivity index is 2.06. The molecule has 1 saturated heterocycles. The van der Waals surface area contributed by atoms with Gasteiger partial charge in [0.25, 0.3) is 11.8 Å². The van der Waals surface area contributed by atoms with E-state index in [0.29, 0.717) is 24.1 Å². The van der Waals surface area contributed by atoms with Crippen molar-refractivity contribution in [1.29, 1.82) is 0 Å². The van der Waals surface area contributed by atoms with Gasteiger partial charge in [-0.1, -0.05) is 13.8 Å². The molecule has 8 heteroatoms. The van der Waals surface area contributed by atoms with Crippen LogP contribution in [0.2, 0.25) is 0 Å². The molecular formula is C21H29N3O5. The molecule has 0 bridgehead atoms. The highest BCUT2D eigenvalue weighted by atomic mass is 16.5. The van der Waals surface area contributed by atoms with E-state index in [1.54, 1.807) is 31.2 Å². The third-order valence-electron chi connectivity index (χ3n) is 4.68. The number of hydrogen-bond donors (Lipinski definition) is 3. The number of rotatable bonds is 8. The molecule has 158 valence electrons. The molecule has 1 fully saturated rings. The Bertz CT molecular complexity index is 760. The van der Waals surface area contributed by atoms with Gasteiger partial charge in [0.2, 0.25) is 5.91 Å². The van der Waals surface area contributed by atoms with Gasteiger partial charge in [-0.15, -0.1) is 0 Å². The number of benzene rings is 1. The standard InChI is InChI=1S/C21H29N3O5/c1-5-22-19(26)14-6-8-15(9-7-14)20(27)23-16(10-12(2)3)21(28)24-18-13(4)29-11-17(18)25/h6-9,12-13,16,18H,5,10-11H2,1-4H3,(H,22,26)(H,23,27)(H,24,28)/t13-,16?,18+/m1/s1. The first kappa shape index (κ1) is 22.5. The number of carbonyl (C=O) groups excluding carboxylic acids is 4. The number of ketones is 1. The number of amides is 3. The lowest BCUT2D eigenvalue weighted by Crippen LogP contribution is -2.53. The zero-order chi connectivity index (χ0) is 21.6. The van der Waals surface area contributed by atoms with Crippen LogP contribution < -0.4 is 16.0 Å². The van der Waals surface area contributed by atoms with Crippen molar-refractivity contribution in [2.75, 3.05) is 13.2 Å². The summed E-state index contributed by atoms with van der Waals surface area (Å²) in [5.41, 5.74) is 0.793. The molecule has 1 heterocycles. The summed E-state index contributed by atoms with van der Waals surface area (Å²) in [4.78, 5) is 49.1. The molecule has 1 aromatic carbocycles. The summed E-state index contributed by atoms with van der Waals surface area (Å²) in [6.45, 7) is 7.93. The maximum absolute atomic E-state index is 12.7. The quantitative estimate of drug-likeness (QED) is 0.600. The minimum Gasteiger partial charge on any atom is -0.368 e. The fraction of sp³-hybridized carbons (Fsp3) is 0.524. The highest BCUT2D eigenvalue weighted by Gasteiger charge is 2.35. The van der Waals surface area contributed by atoms with Crippen molar-refractivity contribution in [3.8, 4) is 0 Å². The molecule has 3 amide bonds. The molecule has 1 unspecified atom stereocenters. The molecule has 2 rings (SSSR count). The Morgan fingerprint density at radius 2 is 1.69 bits per heavy atom. The maximum Gasteiger partial charge on any atom is 0.251 e. The Hall–Kier alpha value is -2.74. The van der Waals surface area contributed by atoms with E-state index in [9.17, 15) is 19.2 Å². The van der Waals surface area contributed by atoms with Crippen LogP contribution in [0.1, 0.15) is 54.8 Å². The van der Waals surface area contributed by atoms with Crippen molar-refractivity contribution in [1.82, 2.24) is 16.0 Å². The van der Waals surface area contributed by atoms with Gasteiger partial charge in [0.1, 0.15) is 18.7 Å².